The molecule has 0 saturated carbocycles. The Kier molecular flexibility index (Phi) is 3.46. The van der Waals surface area contributed by atoms with Gasteiger partial charge >= 0.3 is 0 Å². The van der Waals surface area contributed by atoms with Gasteiger partial charge in [0.1, 0.15) is 0 Å². The summed E-state index contributed by atoms with van der Waals surface area (Å²) in [5.74, 6) is 0. The van der Waals surface area contributed by atoms with Gasteiger partial charge < -0.3 is 10.0 Å². The highest BCUT2D eigenvalue weighted by atomic mass is 16.3. The van der Waals surface area contributed by atoms with E-state index in [1.165, 1.54) is 16.8 Å². The highest BCUT2D eigenvalue weighted by molar-refractivity contribution is 5.58. The molecule has 0 aromatic heterocycles. The van der Waals surface area contributed by atoms with Crippen molar-refractivity contribution in [3.8, 4) is 0 Å². The zero-order valence-corrected chi connectivity index (χ0v) is 10.1. The molecule has 0 bridgehead atoms. The molecule has 0 saturated heterocycles. The smallest absolute Gasteiger partial charge is 0.0558 e. The molecule has 3 nitrogen and oxygen atoms in total. The minimum absolute atomic E-state index is 0.226. The number of aliphatic hydroxyl groups excluding tert-OH is 1. The Hall–Kier alpha value is -1.06. The van der Waals surface area contributed by atoms with Crippen molar-refractivity contribution in [3.05, 3.63) is 29.3 Å². The van der Waals surface area contributed by atoms with Gasteiger partial charge in [-0.15, -0.1) is 0 Å². The third-order valence-corrected chi connectivity index (χ3v) is 3.21. The minimum Gasteiger partial charge on any atom is -0.395 e. The van der Waals surface area contributed by atoms with Crippen LogP contribution in [0, 0.1) is 0 Å². The first-order valence-corrected chi connectivity index (χ1v) is 5.83. The van der Waals surface area contributed by atoms with E-state index in [9.17, 15) is 0 Å². The number of anilines is 1. The molecule has 0 spiro atoms. The van der Waals surface area contributed by atoms with Crippen LogP contribution in [0.25, 0.3) is 0 Å². The van der Waals surface area contributed by atoms with Gasteiger partial charge in [-0.25, -0.2) is 0 Å². The van der Waals surface area contributed by atoms with Crippen molar-refractivity contribution in [2.24, 2.45) is 0 Å². The average Bonchev–Trinajstić information content (AvgIpc) is 2.60. The molecular weight excluding hydrogens is 200 g/mol. The number of aliphatic hydroxyl groups is 1. The molecule has 1 aromatic carbocycles. The number of hydrogen-bond donors (Lipinski definition) is 1. The normalized spacial score (nSPS) is 14.6. The van der Waals surface area contributed by atoms with E-state index in [-0.39, 0.29) is 6.61 Å². The molecule has 1 N–H and O–H groups in total. The van der Waals surface area contributed by atoms with Crippen LogP contribution in [0.5, 0.6) is 0 Å². The van der Waals surface area contributed by atoms with Crippen LogP contribution in [0.3, 0.4) is 0 Å². The third-order valence-electron chi connectivity index (χ3n) is 3.21. The second kappa shape index (κ2) is 4.85. The Morgan fingerprint density at radius 2 is 2.25 bits per heavy atom. The number of likely N-dealkylation sites (N-methyl/N-ethyl adjacent to an activating group) is 2. The van der Waals surface area contributed by atoms with Crippen LogP contribution >= 0.6 is 0 Å². The molecule has 3 heteroatoms. The molecule has 1 aliphatic heterocycles. The van der Waals surface area contributed by atoms with Crippen LogP contribution < -0.4 is 4.90 Å². The predicted octanol–water partition coefficient (Wildman–Crippen LogP) is 1.10. The Morgan fingerprint density at radius 1 is 1.44 bits per heavy atom. The summed E-state index contributed by atoms with van der Waals surface area (Å²) in [5.41, 5.74) is 4.16. The van der Waals surface area contributed by atoms with Gasteiger partial charge in [0.05, 0.1) is 6.61 Å². The summed E-state index contributed by atoms with van der Waals surface area (Å²) < 4.78 is 0. The van der Waals surface area contributed by atoms with Crippen molar-refractivity contribution in [1.82, 2.24) is 4.90 Å². The maximum atomic E-state index is 8.86. The fraction of sp³-hybridized carbons (Fsp3) is 0.538. The van der Waals surface area contributed by atoms with Crippen LogP contribution in [-0.4, -0.2) is 43.8 Å². The van der Waals surface area contributed by atoms with E-state index in [1.54, 1.807) is 0 Å². The molecule has 1 aromatic rings. The maximum absolute atomic E-state index is 8.86. The maximum Gasteiger partial charge on any atom is 0.0558 e. The Balaban J connectivity index is 2.07. The first-order valence-electron chi connectivity index (χ1n) is 5.83. The van der Waals surface area contributed by atoms with E-state index in [4.69, 9.17) is 5.11 Å². The Morgan fingerprint density at radius 3 is 3.00 bits per heavy atom. The topological polar surface area (TPSA) is 26.7 Å². The third kappa shape index (κ3) is 2.36. The van der Waals surface area contributed by atoms with Crippen LogP contribution in [0.1, 0.15) is 11.1 Å². The monoisotopic (exact) mass is 220 g/mol. The molecule has 1 aliphatic rings. The summed E-state index contributed by atoms with van der Waals surface area (Å²) in [6, 6.07) is 6.70. The van der Waals surface area contributed by atoms with Crippen LogP contribution in [0.4, 0.5) is 5.69 Å². The zero-order chi connectivity index (χ0) is 11.5. The number of nitrogens with zero attached hydrogens (tertiary/aromatic N) is 2. The quantitative estimate of drug-likeness (QED) is 0.823. The average molecular weight is 220 g/mol. The molecule has 0 fully saturated rings. The molecule has 88 valence electrons. The lowest BCUT2D eigenvalue weighted by molar-refractivity contribution is 0.217. The molecule has 1 heterocycles. The lowest BCUT2D eigenvalue weighted by atomic mass is 10.1. The van der Waals surface area contributed by atoms with Gasteiger partial charge in [0, 0.05) is 32.4 Å². The van der Waals surface area contributed by atoms with Crippen LogP contribution in [-0.2, 0) is 13.0 Å². The van der Waals surface area contributed by atoms with Crippen molar-refractivity contribution >= 4 is 5.69 Å². The highest BCUT2D eigenvalue weighted by Gasteiger charge is 2.15. The Bertz CT molecular complexity index is 365. The van der Waals surface area contributed by atoms with Crippen molar-refractivity contribution in [1.29, 1.82) is 0 Å². The largest absolute Gasteiger partial charge is 0.395 e. The number of fused-ring (bicyclic) bond motifs is 1. The SMILES string of the molecule is CN(CCO)Cc1ccc2c(c1)CCN2C. The summed E-state index contributed by atoms with van der Waals surface area (Å²) >= 11 is 0. The molecule has 0 radical (unpaired) electrons. The highest BCUT2D eigenvalue weighted by Crippen LogP contribution is 2.27. The fourth-order valence-corrected chi connectivity index (χ4v) is 2.28. The van der Waals surface area contributed by atoms with E-state index in [2.05, 4.69) is 35.0 Å². The first kappa shape index (κ1) is 11.4. The predicted molar refractivity (Wildman–Crippen MR) is 66.8 cm³/mol. The molecule has 16 heavy (non-hydrogen) atoms. The van der Waals surface area contributed by atoms with E-state index in [1.807, 2.05) is 7.05 Å². The Labute approximate surface area is 97.3 Å². The zero-order valence-electron chi connectivity index (χ0n) is 10.1. The van der Waals surface area contributed by atoms with Crippen molar-refractivity contribution < 1.29 is 5.11 Å². The lowest BCUT2D eigenvalue weighted by Gasteiger charge is -2.16. The second-order valence-corrected chi connectivity index (χ2v) is 4.60. The summed E-state index contributed by atoms with van der Waals surface area (Å²) in [5, 5.41) is 8.86. The standard InChI is InChI=1S/C13H20N2O/c1-14(7-8-16)10-11-3-4-13-12(9-11)5-6-15(13)2/h3-4,9,16H,5-8,10H2,1-2H3. The van der Waals surface area contributed by atoms with E-state index in [0.717, 1.165) is 26.1 Å². The van der Waals surface area contributed by atoms with Gasteiger partial charge in [0.2, 0.25) is 0 Å². The van der Waals surface area contributed by atoms with Crippen molar-refractivity contribution in [2.75, 3.05) is 38.7 Å². The summed E-state index contributed by atoms with van der Waals surface area (Å²) in [6.07, 6.45) is 1.16. The molecule has 0 atom stereocenters. The second-order valence-electron chi connectivity index (χ2n) is 4.60. The van der Waals surface area contributed by atoms with Gasteiger partial charge in [0.25, 0.3) is 0 Å². The fourth-order valence-electron chi connectivity index (χ4n) is 2.28. The van der Waals surface area contributed by atoms with E-state index < -0.39 is 0 Å². The van der Waals surface area contributed by atoms with Crippen LogP contribution in [0.15, 0.2) is 18.2 Å². The van der Waals surface area contributed by atoms with E-state index >= 15 is 0 Å². The van der Waals surface area contributed by atoms with Crippen molar-refractivity contribution in [3.63, 3.8) is 0 Å². The van der Waals surface area contributed by atoms with Gasteiger partial charge in [-0.2, -0.15) is 0 Å². The van der Waals surface area contributed by atoms with Gasteiger partial charge in [-0.05, 0) is 30.7 Å². The summed E-state index contributed by atoms with van der Waals surface area (Å²) in [4.78, 5) is 4.44. The van der Waals surface area contributed by atoms with E-state index in [0.29, 0.717) is 0 Å². The van der Waals surface area contributed by atoms with Crippen LogP contribution in [0.2, 0.25) is 0 Å². The van der Waals surface area contributed by atoms with Crippen molar-refractivity contribution in [2.45, 2.75) is 13.0 Å². The molecule has 0 aliphatic carbocycles. The molecule has 2 rings (SSSR count). The minimum atomic E-state index is 0.226. The first-order chi connectivity index (χ1) is 7.70. The summed E-state index contributed by atoms with van der Waals surface area (Å²) in [6.45, 7) is 3.00. The van der Waals surface area contributed by atoms with Gasteiger partial charge in [-0.1, -0.05) is 12.1 Å². The molecule has 0 amide bonds. The van der Waals surface area contributed by atoms with Gasteiger partial charge in [-0.3, -0.25) is 4.90 Å². The number of benzene rings is 1. The summed E-state index contributed by atoms with van der Waals surface area (Å²) in [7, 11) is 4.18. The van der Waals surface area contributed by atoms with Gasteiger partial charge in [0.15, 0.2) is 0 Å². The number of hydrogen-bond acceptors (Lipinski definition) is 3. The molecular formula is C13H20N2O. The number of rotatable bonds is 4. The lowest BCUT2D eigenvalue weighted by Crippen LogP contribution is -2.21. The molecule has 0 unspecified atom stereocenters.